The summed E-state index contributed by atoms with van der Waals surface area (Å²) >= 11 is 1.22. The second-order valence-corrected chi connectivity index (χ2v) is 9.88. The third-order valence-corrected chi connectivity index (χ3v) is 7.22. The Bertz CT molecular complexity index is 1340. The Hall–Kier alpha value is -3.37. The van der Waals surface area contributed by atoms with Gasteiger partial charge >= 0.3 is 0 Å². The lowest BCUT2D eigenvalue weighted by molar-refractivity contribution is 0.135. The molecule has 2 aromatic heterocycles. The number of thiazole rings is 1. The maximum atomic E-state index is 12.7. The summed E-state index contributed by atoms with van der Waals surface area (Å²) in [6.45, 7) is 2.44. The number of aromatic nitrogens is 3. The van der Waals surface area contributed by atoms with E-state index >= 15 is 0 Å². The lowest BCUT2D eigenvalue weighted by atomic mass is 10.0. The van der Waals surface area contributed by atoms with Crippen molar-refractivity contribution in [3.05, 3.63) is 77.6 Å². The number of hydrogen-bond acceptors (Lipinski definition) is 7. The number of anilines is 1. The van der Waals surface area contributed by atoms with E-state index in [0.717, 1.165) is 16.8 Å². The van der Waals surface area contributed by atoms with Gasteiger partial charge in [-0.3, -0.25) is 4.72 Å². The molecule has 1 atom stereocenters. The summed E-state index contributed by atoms with van der Waals surface area (Å²) in [7, 11) is -3.77. The van der Waals surface area contributed by atoms with Crippen LogP contribution in [-0.4, -0.2) is 29.8 Å². The van der Waals surface area contributed by atoms with Crippen molar-refractivity contribution >= 4 is 26.5 Å². The molecule has 32 heavy (non-hydrogen) atoms. The Morgan fingerprint density at radius 1 is 1.22 bits per heavy atom. The number of nitrogens with one attached hydrogen (secondary N) is 1. The molecule has 3 heterocycles. The molecular formula is C22H20N4O4S2. The summed E-state index contributed by atoms with van der Waals surface area (Å²) < 4.78 is 41.9. The van der Waals surface area contributed by atoms with Gasteiger partial charge in [-0.05, 0) is 36.8 Å². The van der Waals surface area contributed by atoms with Gasteiger partial charge in [0.2, 0.25) is 0 Å². The summed E-state index contributed by atoms with van der Waals surface area (Å²) in [4.78, 5) is 4.09. The van der Waals surface area contributed by atoms with Crippen molar-refractivity contribution in [2.75, 3.05) is 11.3 Å². The van der Waals surface area contributed by atoms with Crippen molar-refractivity contribution in [3.8, 4) is 17.2 Å². The lowest BCUT2D eigenvalue weighted by Crippen LogP contribution is -2.20. The fourth-order valence-electron chi connectivity index (χ4n) is 3.55. The van der Waals surface area contributed by atoms with Crippen molar-refractivity contribution in [3.63, 3.8) is 0 Å². The van der Waals surface area contributed by atoms with Crippen molar-refractivity contribution in [1.82, 2.24) is 14.8 Å². The van der Waals surface area contributed by atoms with Crippen LogP contribution in [0.25, 0.3) is 5.69 Å². The number of rotatable bonds is 6. The smallest absolute Gasteiger partial charge is 0.263 e. The molecule has 0 radical (unpaired) electrons. The Kier molecular flexibility index (Phi) is 5.32. The number of sulfonamides is 1. The van der Waals surface area contributed by atoms with Gasteiger partial charge in [0.1, 0.15) is 23.3 Å². The monoisotopic (exact) mass is 468 g/mol. The Morgan fingerprint density at radius 2 is 2.12 bits per heavy atom. The van der Waals surface area contributed by atoms with E-state index in [2.05, 4.69) is 14.8 Å². The van der Waals surface area contributed by atoms with Crippen LogP contribution in [0.1, 0.15) is 23.7 Å². The first-order valence-corrected chi connectivity index (χ1v) is 12.3. The van der Waals surface area contributed by atoms with Crippen LogP contribution in [0.5, 0.6) is 11.5 Å². The average molecular weight is 469 g/mol. The van der Waals surface area contributed by atoms with Crippen LogP contribution in [0.4, 0.5) is 5.13 Å². The third-order valence-electron chi connectivity index (χ3n) is 5.07. The zero-order valence-electron chi connectivity index (χ0n) is 17.1. The van der Waals surface area contributed by atoms with Gasteiger partial charge in [-0.15, -0.1) is 11.3 Å². The van der Waals surface area contributed by atoms with Crippen LogP contribution in [0.15, 0.2) is 71.3 Å². The Morgan fingerprint density at radius 3 is 2.91 bits per heavy atom. The first kappa shape index (κ1) is 20.5. The standard InChI is InChI=1S/C22H20N4O4S2/c1-15-3-6-20(18(13-15)26-10-2-8-24-26)30-19-7-11-29-21-14-16(4-5-17(19)21)32(27,28)25-22-23-9-12-31-22/h2-6,8-10,12-14,19H,7,11H2,1H3,(H,23,25)/t19-/m1/s1. The first-order chi connectivity index (χ1) is 15.5. The van der Waals surface area contributed by atoms with E-state index in [4.69, 9.17) is 9.47 Å². The zero-order valence-corrected chi connectivity index (χ0v) is 18.8. The first-order valence-electron chi connectivity index (χ1n) is 9.96. The summed E-state index contributed by atoms with van der Waals surface area (Å²) in [5.74, 6) is 1.19. The second kappa shape index (κ2) is 8.29. The highest BCUT2D eigenvalue weighted by atomic mass is 32.2. The highest BCUT2D eigenvalue weighted by Crippen LogP contribution is 2.38. The fraction of sp³-hybridized carbons (Fsp3) is 0.182. The summed E-state index contributed by atoms with van der Waals surface area (Å²) in [6.07, 6.45) is 5.50. The van der Waals surface area contributed by atoms with Crippen molar-refractivity contribution in [2.45, 2.75) is 24.3 Å². The molecule has 4 aromatic rings. The van der Waals surface area contributed by atoms with E-state index < -0.39 is 10.0 Å². The molecule has 0 aliphatic carbocycles. The van der Waals surface area contributed by atoms with E-state index in [-0.39, 0.29) is 11.0 Å². The molecule has 1 N–H and O–H groups in total. The predicted molar refractivity (Wildman–Crippen MR) is 121 cm³/mol. The third kappa shape index (κ3) is 4.06. The van der Waals surface area contributed by atoms with Gasteiger partial charge in [0, 0.05) is 42.0 Å². The number of hydrogen-bond donors (Lipinski definition) is 1. The normalized spacial score (nSPS) is 15.6. The Balaban J connectivity index is 1.44. The van der Waals surface area contributed by atoms with Crippen LogP contribution in [0.3, 0.4) is 0 Å². The van der Waals surface area contributed by atoms with Crippen molar-refractivity contribution in [2.24, 2.45) is 0 Å². The molecule has 5 rings (SSSR count). The average Bonchev–Trinajstić information content (AvgIpc) is 3.49. The summed E-state index contributed by atoms with van der Waals surface area (Å²) in [5, 5.41) is 6.35. The minimum atomic E-state index is -3.77. The molecule has 0 spiro atoms. The summed E-state index contributed by atoms with van der Waals surface area (Å²) in [6, 6.07) is 12.6. The number of fused-ring (bicyclic) bond motifs is 1. The molecular weight excluding hydrogens is 448 g/mol. The molecule has 1 aliphatic heterocycles. The van der Waals surface area contributed by atoms with E-state index in [0.29, 0.717) is 29.7 Å². The van der Waals surface area contributed by atoms with Crippen molar-refractivity contribution in [1.29, 1.82) is 0 Å². The SMILES string of the molecule is Cc1ccc(O[C@@H]2CCOc3cc(S(=O)(=O)Nc4nccs4)ccc32)c(-n2cccn2)c1. The van der Waals surface area contributed by atoms with Crippen molar-refractivity contribution < 1.29 is 17.9 Å². The van der Waals surface area contributed by atoms with Gasteiger partial charge in [0.25, 0.3) is 10.0 Å². The minimum Gasteiger partial charge on any atom is -0.493 e. The molecule has 1 aliphatic rings. The van der Waals surface area contributed by atoms with E-state index in [1.807, 2.05) is 37.4 Å². The minimum absolute atomic E-state index is 0.111. The molecule has 0 saturated heterocycles. The van der Waals surface area contributed by atoms with Crippen LogP contribution < -0.4 is 14.2 Å². The molecule has 0 unspecified atom stereocenters. The Labute approximate surface area is 189 Å². The number of ether oxygens (including phenoxy) is 2. The van der Waals surface area contributed by atoms with Gasteiger partial charge < -0.3 is 9.47 Å². The number of nitrogens with zero attached hydrogens (tertiary/aromatic N) is 3. The number of aryl methyl sites for hydroxylation is 1. The lowest BCUT2D eigenvalue weighted by Gasteiger charge is -2.28. The quantitative estimate of drug-likeness (QED) is 0.452. The molecule has 8 nitrogen and oxygen atoms in total. The van der Waals surface area contributed by atoms with E-state index in [1.54, 1.807) is 34.6 Å². The predicted octanol–water partition coefficient (Wildman–Crippen LogP) is 4.34. The maximum absolute atomic E-state index is 12.7. The second-order valence-electron chi connectivity index (χ2n) is 7.31. The van der Waals surface area contributed by atoms with Gasteiger partial charge in [0.15, 0.2) is 5.13 Å². The fourth-order valence-corrected chi connectivity index (χ4v) is 5.35. The highest BCUT2D eigenvalue weighted by Gasteiger charge is 2.27. The summed E-state index contributed by atoms with van der Waals surface area (Å²) in [5.41, 5.74) is 2.74. The molecule has 0 bridgehead atoms. The molecule has 0 fully saturated rings. The van der Waals surface area contributed by atoms with Crippen LogP contribution in [-0.2, 0) is 10.0 Å². The van der Waals surface area contributed by atoms with Crippen LogP contribution in [0, 0.1) is 6.92 Å². The maximum Gasteiger partial charge on any atom is 0.263 e. The largest absolute Gasteiger partial charge is 0.493 e. The molecule has 0 saturated carbocycles. The number of benzene rings is 2. The van der Waals surface area contributed by atoms with Gasteiger partial charge in [0.05, 0.1) is 11.5 Å². The molecule has 164 valence electrons. The van der Waals surface area contributed by atoms with E-state index in [9.17, 15) is 8.42 Å². The highest BCUT2D eigenvalue weighted by molar-refractivity contribution is 7.93. The van der Waals surface area contributed by atoms with Crippen LogP contribution in [0.2, 0.25) is 0 Å². The molecule has 2 aromatic carbocycles. The van der Waals surface area contributed by atoms with Crippen LogP contribution >= 0.6 is 11.3 Å². The van der Waals surface area contributed by atoms with Gasteiger partial charge in [-0.1, -0.05) is 12.1 Å². The van der Waals surface area contributed by atoms with Gasteiger partial charge in [-0.2, -0.15) is 5.10 Å². The zero-order chi connectivity index (χ0) is 22.1. The van der Waals surface area contributed by atoms with E-state index in [1.165, 1.54) is 17.4 Å². The molecule has 0 amide bonds. The van der Waals surface area contributed by atoms with Gasteiger partial charge in [-0.25, -0.2) is 18.1 Å². The topological polar surface area (TPSA) is 95.3 Å². The molecule has 10 heteroatoms.